The minimum Gasteiger partial charge on any atom is -0.271 e. The number of non-ortho nitro benzene ring substituents is 1. The second kappa shape index (κ2) is 10.7. The third kappa shape index (κ3) is 6.23. The van der Waals surface area contributed by atoms with E-state index in [9.17, 15) is 23.3 Å². The highest BCUT2D eigenvalue weighted by Crippen LogP contribution is 2.29. The summed E-state index contributed by atoms with van der Waals surface area (Å²) in [5, 5.41) is 15.3. The second-order valence-corrected chi connectivity index (χ2v) is 10.1. The molecule has 0 heterocycles. The van der Waals surface area contributed by atoms with E-state index in [0.29, 0.717) is 21.9 Å². The van der Waals surface area contributed by atoms with Gasteiger partial charge in [-0.15, -0.1) is 0 Å². The maximum atomic E-state index is 13.5. The molecule has 3 aromatic rings. The van der Waals surface area contributed by atoms with Crippen LogP contribution >= 0.6 is 11.6 Å². The number of nitro benzene ring substituents is 1. The molecule has 0 bridgehead atoms. The quantitative estimate of drug-likeness (QED) is 0.267. The van der Waals surface area contributed by atoms with Crippen LogP contribution in [0.1, 0.15) is 23.6 Å². The molecule has 0 radical (unpaired) electrons. The number of aryl methyl sites for hydroxylation is 2. The molecule has 0 aliphatic heterocycles. The number of nitrogens with zero attached hydrogens (tertiary/aromatic N) is 3. The summed E-state index contributed by atoms with van der Waals surface area (Å²) in [6.07, 6.45) is 0. The van der Waals surface area contributed by atoms with Gasteiger partial charge in [0.05, 0.1) is 21.2 Å². The monoisotopic (exact) mass is 514 g/mol. The first-order valence-corrected chi connectivity index (χ1v) is 12.2. The van der Waals surface area contributed by atoms with Gasteiger partial charge in [0.15, 0.2) is 0 Å². The lowest BCUT2D eigenvalue weighted by molar-refractivity contribution is -0.384. The summed E-state index contributed by atoms with van der Waals surface area (Å²) in [6.45, 7) is 4.56. The van der Waals surface area contributed by atoms with Crippen molar-refractivity contribution in [1.29, 1.82) is 0 Å². The van der Waals surface area contributed by atoms with Gasteiger partial charge >= 0.3 is 0 Å². The number of nitrogens with one attached hydrogen (secondary N) is 1. The number of halogens is 1. The molecule has 0 aromatic heterocycles. The predicted octanol–water partition coefficient (Wildman–Crippen LogP) is 4.60. The number of carbonyl (C=O) groups is 1. The molecule has 1 amide bonds. The van der Waals surface area contributed by atoms with Crippen molar-refractivity contribution < 1.29 is 18.1 Å². The van der Waals surface area contributed by atoms with Crippen LogP contribution in [0.2, 0.25) is 5.02 Å². The molecule has 3 rings (SSSR count). The number of nitro groups is 1. The summed E-state index contributed by atoms with van der Waals surface area (Å²) < 4.78 is 28.0. The van der Waals surface area contributed by atoms with E-state index in [1.807, 2.05) is 6.92 Å². The van der Waals surface area contributed by atoms with E-state index in [1.54, 1.807) is 44.2 Å². The van der Waals surface area contributed by atoms with Crippen molar-refractivity contribution in [2.24, 2.45) is 5.10 Å². The zero-order valence-corrected chi connectivity index (χ0v) is 20.8. The highest BCUT2D eigenvalue weighted by Gasteiger charge is 2.28. The minimum atomic E-state index is -4.12. The average Bonchev–Trinajstić information content (AvgIpc) is 2.83. The Morgan fingerprint density at radius 3 is 2.43 bits per heavy atom. The van der Waals surface area contributed by atoms with Crippen molar-refractivity contribution >= 4 is 44.6 Å². The molecule has 0 aliphatic carbocycles. The van der Waals surface area contributed by atoms with Crippen LogP contribution in [-0.2, 0) is 14.8 Å². The van der Waals surface area contributed by atoms with E-state index >= 15 is 0 Å². The zero-order chi connectivity index (χ0) is 25.8. The lowest BCUT2D eigenvalue weighted by Gasteiger charge is -2.25. The normalized spacial score (nSPS) is 11.7. The second-order valence-electron chi connectivity index (χ2n) is 7.80. The van der Waals surface area contributed by atoms with Gasteiger partial charge in [0.1, 0.15) is 6.54 Å². The fraction of sp³-hybridized carbons (Fsp3) is 0.167. The maximum absolute atomic E-state index is 13.5. The smallest absolute Gasteiger partial charge is 0.270 e. The highest BCUT2D eigenvalue weighted by molar-refractivity contribution is 7.92. The van der Waals surface area contributed by atoms with Crippen LogP contribution in [0, 0.1) is 24.0 Å². The van der Waals surface area contributed by atoms with E-state index < -0.39 is 27.4 Å². The van der Waals surface area contributed by atoms with Gasteiger partial charge < -0.3 is 0 Å². The Kier molecular flexibility index (Phi) is 7.88. The van der Waals surface area contributed by atoms with Crippen molar-refractivity contribution in [1.82, 2.24) is 5.43 Å². The van der Waals surface area contributed by atoms with E-state index in [0.717, 1.165) is 9.87 Å². The number of anilines is 1. The Morgan fingerprint density at radius 1 is 1.09 bits per heavy atom. The number of hydrogen-bond donors (Lipinski definition) is 1. The van der Waals surface area contributed by atoms with Crippen LogP contribution in [0.3, 0.4) is 0 Å². The Bertz CT molecular complexity index is 1410. The van der Waals surface area contributed by atoms with Crippen LogP contribution in [0.15, 0.2) is 76.7 Å². The third-order valence-corrected chi connectivity index (χ3v) is 7.17. The molecule has 0 saturated heterocycles. The Labute approximate surface area is 208 Å². The van der Waals surface area contributed by atoms with Crippen molar-refractivity contribution in [3.63, 3.8) is 0 Å². The topological polar surface area (TPSA) is 122 Å². The van der Waals surface area contributed by atoms with Gasteiger partial charge in [-0.1, -0.05) is 47.5 Å². The van der Waals surface area contributed by atoms with Crippen LogP contribution in [-0.4, -0.2) is 31.5 Å². The standard InChI is InChI=1S/C24H23ClN4O5S/c1-16-7-11-22(12-8-16)35(33,34)28(23-14-20(25)10-9-17(23)2)15-24(30)27-26-18(3)19-5-4-6-21(13-19)29(31)32/h4-14H,15H2,1-3H3,(H,27,30)/b26-18+. The highest BCUT2D eigenvalue weighted by atomic mass is 35.5. The minimum absolute atomic E-state index is 0.0200. The van der Waals surface area contributed by atoms with E-state index in [2.05, 4.69) is 10.5 Å². The molecule has 11 heteroatoms. The van der Waals surface area contributed by atoms with Crippen LogP contribution in [0.25, 0.3) is 0 Å². The SMILES string of the molecule is C/C(=N\NC(=O)CN(c1cc(Cl)ccc1C)S(=O)(=O)c1ccc(C)cc1)c1cccc([N+](=O)[O-])c1. The van der Waals surface area contributed by atoms with Crippen molar-refractivity contribution in [3.8, 4) is 0 Å². The van der Waals surface area contributed by atoms with E-state index in [1.165, 1.54) is 36.4 Å². The molecule has 35 heavy (non-hydrogen) atoms. The van der Waals surface area contributed by atoms with E-state index in [-0.39, 0.29) is 16.3 Å². The molecule has 1 N–H and O–H groups in total. The van der Waals surface area contributed by atoms with Gasteiger partial charge in [-0.2, -0.15) is 5.10 Å². The molecular formula is C24H23ClN4O5S. The summed E-state index contributed by atoms with van der Waals surface area (Å²) in [5.41, 5.74) is 4.72. The zero-order valence-electron chi connectivity index (χ0n) is 19.2. The maximum Gasteiger partial charge on any atom is 0.270 e. The van der Waals surface area contributed by atoms with Crippen LogP contribution < -0.4 is 9.73 Å². The summed E-state index contributed by atoms with van der Waals surface area (Å²) in [7, 11) is -4.12. The number of amides is 1. The fourth-order valence-electron chi connectivity index (χ4n) is 3.21. The molecule has 0 unspecified atom stereocenters. The van der Waals surface area contributed by atoms with Crippen molar-refractivity contribution in [2.45, 2.75) is 25.7 Å². The summed E-state index contributed by atoms with van der Waals surface area (Å²) in [6, 6.07) is 16.8. The lowest BCUT2D eigenvalue weighted by Crippen LogP contribution is -2.40. The first kappa shape index (κ1) is 25.9. The van der Waals surface area contributed by atoms with Crippen LogP contribution in [0.4, 0.5) is 11.4 Å². The first-order chi connectivity index (χ1) is 16.5. The lowest BCUT2D eigenvalue weighted by atomic mass is 10.1. The number of sulfonamides is 1. The van der Waals surface area contributed by atoms with Gasteiger partial charge in [0.2, 0.25) is 0 Å². The predicted molar refractivity (Wildman–Crippen MR) is 135 cm³/mol. The largest absolute Gasteiger partial charge is 0.271 e. The Morgan fingerprint density at radius 2 is 1.77 bits per heavy atom. The van der Waals surface area contributed by atoms with Crippen molar-refractivity contribution in [3.05, 3.63) is 98.6 Å². The fourth-order valence-corrected chi connectivity index (χ4v) is 4.85. The molecule has 3 aromatic carbocycles. The molecule has 0 atom stereocenters. The van der Waals surface area contributed by atoms with Gasteiger partial charge in [0, 0.05) is 22.7 Å². The van der Waals surface area contributed by atoms with Crippen molar-refractivity contribution in [2.75, 3.05) is 10.8 Å². The van der Waals surface area contributed by atoms with E-state index in [4.69, 9.17) is 11.6 Å². The molecule has 0 fully saturated rings. The average molecular weight is 515 g/mol. The number of carbonyl (C=O) groups excluding carboxylic acids is 1. The number of benzene rings is 3. The first-order valence-electron chi connectivity index (χ1n) is 10.4. The Hall–Kier alpha value is -3.76. The van der Waals surface area contributed by atoms with Gasteiger partial charge in [-0.05, 0) is 50.6 Å². The molecule has 0 saturated carbocycles. The number of hydrazone groups is 1. The molecule has 0 aliphatic rings. The number of hydrogen-bond acceptors (Lipinski definition) is 6. The molecule has 0 spiro atoms. The van der Waals surface area contributed by atoms with Gasteiger partial charge in [-0.3, -0.25) is 19.2 Å². The Balaban J connectivity index is 1.92. The summed E-state index contributed by atoms with van der Waals surface area (Å²) >= 11 is 6.13. The van der Waals surface area contributed by atoms with Crippen LogP contribution in [0.5, 0.6) is 0 Å². The van der Waals surface area contributed by atoms with Gasteiger partial charge in [-0.25, -0.2) is 13.8 Å². The molecule has 9 nitrogen and oxygen atoms in total. The third-order valence-electron chi connectivity index (χ3n) is 5.16. The molecular weight excluding hydrogens is 492 g/mol. The summed E-state index contributed by atoms with van der Waals surface area (Å²) in [4.78, 5) is 23.3. The number of rotatable bonds is 8. The summed E-state index contributed by atoms with van der Waals surface area (Å²) in [5.74, 6) is -0.704. The molecule has 182 valence electrons. The van der Waals surface area contributed by atoms with Gasteiger partial charge in [0.25, 0.3) is 21.6 Å².